The molecule has 5 rings (SSSR count). The molecule has 0 spiro atoms. The Morgan fingerprint density at radius 1 is 0.909 bits per heavy atom. The van der Waals surface area contributed by atoms with Crippen molar-refractivity contribution in [3.63, 3.8) is 0 Å². The van der Waals surface area contributed by atoms with Crippen LogP contribution in [0.25, 0.3) is 0 Å². The molecule has 0 radical (unpaired) electrons. The van der Waals surface area contributed by atoms with Crippen molar-refractivity contribution < 1.29 is 22.8 Å². The molecule has 3 amide bonds. The highest BCUT2D eigenvalue weighted by Gasteiger charge is 2.39. The minimum absolute atomic E-state index is 0.185. The van der Waals surface area contributed by atoms with Gasteiger partial charge in [-0.25, -0.2) is 8.42 Å². The zero-order valence-electron chi connectivity index (χ0n) is 18.1. The molecule has 2 aromatic carbocycles. The van der Waals surface area contributed by atoms with Gasteiger partial charge < -0.3 is 4.90 Å². The van der Waals surface area contributed by atoms with Crippen LogP contribution in [0.2, 0.25) is 0 Å². The molecule has 1 unspecified atom stereocenters. The van der Waals surface area contributed by atoms with Crippen LogP contribution >= 0.6 is 0 Å². The molecular formula is C24H25N3O5S. The molecule has 0 aromatic heterocycles. The minimum atomic E-state index is -3.49. The van der Waals surface area contributed by atoms with Crippen molar-refractivity contribution in [3.8, 4) is 0 Å². The van der Waals surface area contributed by atoms with Gasteiger partial charge in [0.2, 0.25) is 21.8 Å². The summed E-state index contributed by atoms with van der Waals surface area (Å²) in [4.78, 5) is 38.4. The Labute approximate surface area is 192 Å². The summed E-state index contributed by atoms with van der Waals surface area (Å²) in [6.07, 6.45) is 1.98. The fourth-order valence-electron chi connectivity index (χ4n) is 5.02. The first-order chi connectivity index (χ1) is 15.8. The Morgan fingerprint density at radius 2 is 1.64 bits per heavy atom. The summed E-state index contributed by atoms with van der Waals surface area (Å²) in [5.41, 5.74) is 2.55. The third-order valence-corrected chi connectivity index (χ3v) is 8.77. The van der Waals surface area contributed by atoms with Crippen molar-refractivity contribution in [3.05, 3.63) is 65.2 Å². The van der Waals surface area contributed by atoms with Crippen LogP contribution in [0.3, 0.4) is 0 Å². The number of hydrogen-bond donors (Lipinski definition) is 1. The molecule has 2 aromatic rings. The van der Waals surface area contributed by atoms with Crippen LogP contribution in [-0.2, 0) is 26.2 Å². The molecular weight excluding hydrogens is 442 g/mol. The standard InChI is InChI=1S/C24H25N3O5S/c28-22-9-8-21(23(29)25-22)27-15-18-14-17(6-7-20(18)24(27)30)16-10-12-26(13-11-16)33(31,32)19-4-2-1-3-5-19/h1-7,14,16,21H,8-13,15H2,(H,25,28,29). The van der Waals surface area contributed by atoms with Gasteiger partial charge in [-0.1, -0.05) is 30.3 Å². The van der Waals surface area contributed by atoms with Crippen molar-refractivity contribution in [2.75, 3.05) is 13.1 Å². The van der Waals surface area contributed by atoms with Gasteiger partial charge in [0, 0.05) is 31.6 Å². The number of carbonyl (C=O) groups excluding carboxylic acids is 3. The zero-order valence-corrected chi connectivity index (χ0v) is 18.9. The van der Waals surface area contributed by atoms with Crippen molar-refractivity contribution in [2.24, 2.45) is 0 Å². The first-order valence-electron chi connectivity index (χ1n) is 11.2. The summed E-state index contributed by atoms with van der Waals surface area (Å²) < 4.78 is 27.3. The number of imide groups is 1. The highest BCUT2D eigenvalue weighted by Crippen LogP contribution is 2.34. The highest BCUT2D eigenvalue weighted by atomic mass is 32.2. The van der Waals surface area contributed by atoms with Gasteiger partial charge in [-0.15, -0.1) is 0 Å². The van der Waals surface area contributed by atoms with E-state index in [4.69, 9.17) is 0 Å². The van der Waals surface area contributed by atoms with E-state index < -0.39 is 22.0 Å². The van der Waals surface area contributed by atoms with E-state index in [1.807, 2.05) is 18.2 Å². The summed E-state index contributed by atoms with van der Waals surface area (Å²) in [7, 11) is -3.49. The number of amides is 3. The lowest BCUT2D eigenvalue weighted by Crippen LogP contribution is -2.52. The Hall–Kier alpha value is -3.04. The third-order valence-electron chi connectivity index (χ3n) is 6.85. The summed E-state index contributed by atoms with van der Waals surface area (Å²) in [6.45, 7) is 1.23. The molecule has 8 nitrogen and oxygen atoms in total. The fourth-order valence-corrected chi connectivity index (χ4v) is 6.51. The summed E-state index contributed by atoms with van der Waals surface area (Å²) >= 11 is 0. The highest BCUT2D eigenvalue weighted by molar-refractivity contribution is 7.89. The lowest BCUT2D eigenvalue weighted by Gasteiger charge is -2.31. The van der Waals surface area contributed by atoms with Gasteiger partial charge in [0.1, 0.15) is 6.04 Å². The normalized spacial score (nSPS) is 22.4. The van der Waals surface area contributed by atoms with Crippen LogP contribution in [-0.4, -0.2) is 54.5 Å². The van der Waals surface area contributed by atoms with Crippen molar-refractivity contribution >= 4 is 27.7 Å². The molecule has 2 saturated heterocycles. The predicted molar refractivity (Wildman–Crippen MR) is 120 cm³/mol. The number of piperidine rings is 2. The maximum absolute atomic E-state index is 12.9. The van der Waals surface area contributed by atoms with Gasteiger partial charge in [-0.2, -0.15) is 4.31 Å². The molecule has 0 aliphatic carbocycles. The van der Waals surface area contributed by atoms with E-state index in [2.05, 4.69) is 5.32 Å². The predicted octanol–water partition coefficient (Wildman–Crippen LogP) is 2.02. The van der Waals surface area contributed by atoms with E-state index in [1.54, 1.807) is 39.5 Å². The second kappa shape index (κ2) is 8.39. The van der Waals surface area contributed by atoms with E-state index in [-0.39, 0.29) is 24.2 Å². The molecule has 3 aliphatic rings. The van der Waals surface area contributed by atoms with Crippen LogP contribution in [0.4, 0.5) is 0 Å². The van der Waals surface area contributed by atoms with Crippen LogP contribution in [0, 0.1) is 0 Å². The summed E-state index contributed by atoms with van der Waals surface area (Å²) in [5.74, 6) is -0.699. The van der Waals surface area contributed by atoms with Gasteiger partial charge in [0.25, 0.3) is 5.91 Å². The number of fused-ring (bicyclic) bond motifs is 1. The van der Waals surface area contributed by atoms with Crippen LogP contribution < -0.4 is 5.32 Å². The molecule has 3 heterocycles. The number of carbonyl (C=O) groups is 3. The lowest BCUT2D eigenvalue weighted by molar-refractivity contribution is -0.136. The van der Waals surface area contributed by atoms with E-state index >= 15 is 0 Å². The van der Waals surface area contributed by atoms with Crippen LogP contribution in [0.1, 0.15) is 53.1 Å². The largest absolute Gasteiger partial charge is 0.322 e. The Morgan fingerprint density at radius 3 is 2.33 bits per heavy atom. The molecule has 1 atom stereocenters. The Bertz CT molecular complexity index is 1220. The average Bonchev–Trinajstić information content (AvgIpc) is 3.15. The molecule has 9 heteroatoms. The zero-order chi connectivity index (χ0) is 23.2. The van der Waals surface area contributed by atoms with Crippen molar-refractivity contribution in [1.29, 1.82) is 0 Å². The summed E-state index contributed by atoms with van der Waals surface area (Å²) in [5, 5.41) is 2.32. The van der Waals surface area contributed by atoms with E-state index in [1.165, 1.54) is 0 Å². The number of nitrogens with one attached hydrogen (secondary N) is 1. The number of hydrogen-bond acceptors (Lipinski definition) is 5. The second-order valence-electron chi connectivity index (χ2n) is 8.81. The first-order valence-corrected chi connectivity index (χ1v) is 12.6. The molecule has 0 saturated carbocycles. The van der Waals surface area contributed by atoms with Gasteiger partial charge in [0.05, 0.1) is 4.90 Å². The fraction of sp³-hybridized carbons (Fsp3) is 0.375. The van der Waals surface area contributed by atoms with Crippen LogP contribution in [0.15, 0.2) is 53.4 Å². The smallest absolute Gasteiger partial charge is 0.255 e. The number of benzene rings is 2. The monoisotopic (exact) mass is 467 g/mol. The average molecular weight is 468 g/mol. The van der Waals surface area contributed by atoms with Gasteiger partial charge in [-0.3, -0.25) is 19.7 Å². The van der Waals surface area contributed by atoms with E-state index in [0.29, 0.717) is 49.4 Å². The van der Waals surface area contributed by atoms with E-state index in [9.17, 15) is 22.8 Å². The molecule has 2 fully saturated rings. The molecule has 1 N–H and O–H groups in total. The molecule has 3 aliphatic heterocycles. The topological polar surface area (TPSA) is 104 Å². The molecule has 172 valence electrons. The lowest BCUT2D eigenvalue weighted by atomic mass is 9.88. The minimum Gasteiger partial charge on any atom is -0.322 e. The maximum atomic E-state index is 12.9. The van der Waals surface area contributed by atoms with Gasteiger partial charge in [-0.05, 0) is 54.5 Å². The maximum Gasteiger partial charge on any atom is 0.255 e. The van der Waals surface area contributed by atoms with E-state index in [0.717, 1.165) is 11.1 Å². The van der Waals surface area contributed by atoms with Crippen molar-refractivity contribution in [1.82, 2.24) is 14.5 Å². The van der Waals surface area contributed by atoms with Crippen molar-refractivity contribution in [2.45, 2.75) is 49.1 Å². The van der Waals surface area contributed by atoms with Gasteiger partial charge in [0.15, 0.2) is 0 Å². The summed E-state index contributed by atoms with van der Waals surface area (Å²) in [6, 6.07) is 13.6. The Kier molecular flexibility index (Phi) is 5.54. The quantitative estimate of drug-likeness (QED) is 0.693. The Balaban J connectivity index is 1.28. The first kappa shape index (κ1) is 21.8. The third kappa shape index (κ3) is 3.95. The van der Waals surface area contributed by atoms with Crippen LogP contribution in [0.5, 0.6) is 0 Å². The number of sulfonamides is 1. The second-order valence-corrected chi connectivity index (χ2v) is 10.7. The number of nitrogens with zero attached hydrogens (tertiary/aromatic N) is 2. The molecule has 0 bridgehead atoms. The van der Waals surface area contributed by atoms with Gasteiger partial charge >= 0.3 is 0 Å². The molecule has 33 heavy (non-hydrogen) atoms. The SMILES string of the molecule is O=C1CCC(N2Cc3cc(C4CCN(S(=O)(=O)c5ccccc5)CC4)ccc3C2=O)C(=O)N1. The number of rotatable bonds is 4.